The van der Waals surface area contributed by atoms with Crippen LogP contribution in [0.15, 0.2) is 78.2 Å². The summed E-state index contributed by atoms with van der Waals surface area (Å²) in [5, 5.41) is 3.91. The van der Waals surface area contributed by atoms with Crippen LogP contribution in [-0.2, 0) is 14.8 Å². The van der Waals surface area contributed by atoms with Gasteiger partial charge >= 0.3 is 0 Å². The third kappa shape index (κ3) is 5.08. The SMILES string of the molecule is Nc1nc2cc(-c3ccc(NS(=O)(=O)c4ccc(C5CC5C(=O)Nc5nc6ccncc6s5)cc4)nc3)ncc2s1. The number of benzene rings is 1. The van der Waals surface area contributed by atoms with E-state index in [0.29, 0.717) is 27.9 Å². The van der Waals surface area contributed by atoms with Crippen molar-refractivity contribution in [1.29, 1.82) is 0 Å². The highest BCUT2D eigenvalue weighted by Gasteiger charge is 2.44. The summed E-state index contributed by atoms with van der Waals surface area (Å²) in [6.45, 7) is 0. The maximum Gasteiger partial charge on any atom is 0.263 e. The minimum atomic E-state index is -3.86. The monoisotopic (exact) mass is 600 g/mol. The van der Waals surface area contributed by atoms with E-state index in [-0.39, 0.29) is 28.5 Å². The number of rotatable bonds is 7. The molecule has 0 radical (unpaired) electrons. The first-order valence-corrected chi connectivity index (χ1v) is 15.6. The van der Waals surface area contributed by atoms with Crippen molar-refractivity contribution in [3.8, 4) is 11.3 Å². The van der Waals surface area contributed by atoms with Crippen molar-refractivity contribution in [3.05, 3.63) is 78.9 Å². The molecule has 204 valence electrons. The molecule has 1 fully saturated rings. The zero-order valence-corrected chi connectivity index (χ0v) is 23.5. The van der Waals surface area contributed by atoms with Crippen LogP contribution in [0.1, 0.15) is 17.9 Å². The number of hydrogen-bond donors (Lipinski definition) is 3. The minimum absolute atomic E-state index is 0.0264. The maximum absolute atomic E-state index is 13.0. The van der Waals surface area contributed by atoms with E-state index in [9.17, 15) is 13.2 Å². The predicted octanol–water partition coefficient (Wildman–Crippen LogP) is 4.88. The highest BCUT2D eigenvalue weighted by molar-refractivity contribution is 7.92. The number of carbonyl (C=O) groups excluding carboxylic acids is 1. The summed E-state index contributed by atoms with van der Waals surface area (Å²) in [7, 11) is -3.86. The maximum atomic E-state index is 13.0. The summed E-state index contributed by atoms with van der Waals surface area (Å²) >= 11 is 2.74. The summed E-state index contributed by atoms with van der Waals surface area (Å²) in [5.41, 5.74) is 9.59. The van der Waals surface area contributed by atoms with Gasteiger partial charge in [0.15, 0.2) is 10.3 Å². The molecule has 5 aromatic heterocycles. The molecule has 6 aromatic rings. The lowest BCUT2D eigenvalue weighted by atomic mass is 10.1. The first-order valence-electron chi connectivity index (χ1n) is 12.4. The topological polar surface area (TPSA) is 166 Å². The fourth-order valence-electron chi connectivity index (χ4n) is 4.59. The van der Waals surface area contributed by atoms with E-state index in [4.69, 9.17) is 5.73 Å². The Bertz CT molecular complexity index is 2010. The largest absolute Gasteiger partial charge is 0.375 e. The van der Waals surface area contributed by atoms with Crippen LogP contribution >= 0.6 is 22.7 Å². The Balaban J connectivity index is 0.993. The zero-order valence-electron chi connectivity index (χ0n) is 21.1. The second-order valence-electron chi connectivity index (χ2n) is 9.50. The van der Waals surface area contributed by atoms with Crippen LogP contribution in [0.3, 0.4) is 0 Å². The third-order valence-electron chi connectivity index (χ3n) is 6.76. The Morgan fingerprint density at radius 2 is 1.76 bits per heavy atom. The van der Waals surface area contributed by atoms with E-state index in [1.165, 1.54) is 22.7 Å². The van der Waals surface area contributed by atoms with Crippen molar-refractivity contribution in [2.24, 2.45) is 5.92 Å². The van der Waals surface area contributed by atoms with Crippen LogP contribution < -0.4 is 15.8 Å². The first-order chi connectivity index (χ1) is 19.8. The molecule has 2 atom stereocenters. The number of aromatic nitrogens is 5. The van der Waals surface area contributed by atoms with E-state index in [2.05, 4.69) is 35.0 Å². The van der Waals surface area contributed by atoms with Gasteiger partial charge in [0.1, 0.15) is 5.82 Å². The first kappa shape index (κ1) is 25.4. The Morgan fingerprint density at radius 3 is 2.54 bits per heavy atom. The molecule has 1 saturated carbocycles. The minimum Gasteiger partial charge on any atom is -0.375 e. The van der Waals surface area contributed by atoms with Crippen molar-refractivity contribution in [3.63, 3.8) is 0 Å². The molecular weight excluding hydrogens is 581 g/mol. The molecule has 1 aliphatic carbocycles. The number of amides is 1. The number of nitrogens with two attached hydrogens (primary N) is 1. The Labute approximate surface area is 241 Å². The van der Waals surface area contributed by atoms with Crippen molar-refractivity contribution in [2.45, 2.75) is 17.2 Å². The molecule has 7 rings (SSSR count). The molecule has 0 spiro atoms. The standard InChI is InChI=1S/C27H20N8O3S3/c28-26-32-21-10-20(30-13-23(21)39-26)15-3-6-24(31-11-15)35-41(37,38)16-4-1-14(2-5-16)17-9-18(17)25(36)34-27-33-19-7-8-29-12-22(19)40-27/h1-8,10-13,17-18H,9H2,(H2,28,32)(H,31,35)(H,33,34,36). The fraction of sp³-hybridized carbons (Fsp3) is 0.111. The summed E-state index contributed by atoms with van der Waals surface area (Å²) in [5.74, 6) is -0.0767. The number of nitrogens with zero attached hydrogens (tertiary/aromatic N) is 5. The predicted molar refractivity (Wildman–Crippen MR) is 159 cm³/mol. The second-order valence-corrected chi connectivity index (χ2v) is 13.3. The van der Waals surface area contributed by atoms with E-state index >= 15 is 0 Å². The molecule has 11 nitrogen and oxygen atoms in total. The zero-order chi connectivity index (χ0) is 28.1. The number of anilines is 3. The van der Waals surface area contributed by atoms with Gasteiger partial charge in [-0.05, 0) is 54.3 Å². The molecule has 1 aromatic carbocycles. The van der Waals surface area contributed by atoms with E-state index in [1.54, 1.807) is 67.3 Å². The van der Waals surface area contributed by atoms with Crippen LogP contribution in [0.5, 0.6) is 0 Å². The molecule has 5 heterocycles. The Morgan fingerprint density at radius 1 is 0.927 bits per heavy atom. The molecule has 1 aliphatic rings. The van der Waals surface area contributed by atoms with Gasteiger partial charge in [0.25, 0.3) is 10.0 Å². The molecule has 2 unspecified atom stereocenters. The molecular formula is C27H20N8O3S3. The van der Waals surface area contributed by atoms with Gasteiger partial charge in [-0.25, -0.2) is 23.4 Å². The average Bonchev–Trinajstić information content (AvgIpc) is 3.53. The lowest BCUT2D eigenvalue weighted by Crippen LogP contribution is -2.15. The molecule has 0 aliphatic heterocycles. The van der Waals surface area contributed by atoms with Gasteiger partial charge in [0.05, 0.1) is 31.0 Å². The molecule has 1 amide bonds. The summed E-state index contributed by atoms with van der Waals surface area (Å²) in [4.78, 5) is 34.3. The summed E-state index contributed by atoms with van der Waals surface area (Å²) in [6, 6.07) is 13.5. The summed E-state index contributed by atoms with van der Waals surface area (Å²) in [6.07, 6.45) is 7.33. The van der Waals surface area contributed by atoms with E-state index in [0.717, 1.165) is 26.0 Å². The number of fused-ring (bicyclic) bond motifs is 2. The Kier molecular flexibility index (Phi) is 6.10. The van der Waals surface area contributed by atoms with Crippen LogP contribution in [0, 0.1) is 5.92 Å². The molecule has 0 saturated heterocycles. The van der Waals surface area contributed by atoms with E-state index in [1.807, 2.05) is 6.07 Å². The van der Waals surface area contributed by atoms with E-state index < -0.39 is 10.0 Å². The lowest BCUT2D eigenvalue weighted by molar-refractivity contribution is -0.117. The number of carbonyl (C=O) groups is 1. The van der Waals surface area contributed by atoms with Gasteiger partial charge in [-0.15, -0.1) is 0 Å². The molecule has 14 heteroatoms. The van der Waals surface area contributed by atoms with Crippen LogP contribution in [0.4, 0.5) is 16.1 Å². The molecule has 41 heavy (non-hydrogen) atoms. The van der Waals surface area contributed by atoms with Crippen molar-refractivity contribution >= 4 is 75.1 Å². The average molecular weight is 601 g/mol. The lowest BCUT2D eigenvalue weighted by Gasteiger charge is -2.09. The number of nitrogen functional groups attached to an aromatic ring is 1. The fourth-order valence-corrected chi connectivity index (χ4v) is 7.12. The van der Waals surface area contributed by atoms with Crippen molar-refractivity contribution in [1.82, 2.24) is 24.9 Å². The number of pyridine rings is 3. The normalized spacial score (nSPS) is 16.6. The van der Waals surface area contributed by atoms with Crippen LogP contribution in [0.2, 0.25) is 0 Å². The quantitative estimate of drug-likeness (QED) is 0.231. The smallest absolute Gasteiger partial charge is 0.263 e. The number of nitrogens with one attached hydrogen (secondary N) is 2. The van der Waals surface area contributed by atoms with Gasteiger partial charge in [0, 0.05) is 36.3 Å². The number of thiazole rings is 2. The number of hydrogen-bond acceptors (Lipinski definition) is 11. The van der Waals surface area contributed by atoms with Gasteiger partial charge < -0.3 is 11.1 Å². The van der Waals surface area contributed by atoms with Gasteiger partial charge in [-0.2, -0.15) is 0 Å². The second kappa shape index (κ2) is 9.83. The van der Waals surface area contributed by atoms with Gasteiger partial charge in [-0.1, -0.05) is 34.8 Å². The van der Waals surface area contributed by atoms with Crippen molar-refractivity contribution < 1.29 is 13.2 Å². The molecule has 4 N–H and O–H groups in total. The highest BCUT2D eigenvalue weighted by atomic mass is 32.2. The van der Waals surface area contributed by atoms with Crippen LogP contribution in [0.25, 0.3) is 31.7 Å². The molecule has 0 bridgehead atoms. The van der Waals surface area contributed by atoms with Crippen molar-refractivity contribution in [2.75, 3.05) is 15.8 Å². The Hall–Kier alpha value is -4.53. The van der Waals surface area contributed by atoms with Crippen LogP contribution in [-0.4, -0.2) is 39.2 Å². The highest BCUT2D eigenvalue weighted by Crippen LogP contribution is 2.48. The van der Waals surface area contributed by atoms with Gasteiger partial charge in [-0.3, -0.25) is 19.5 Å². The number of sulfonamides is 1. The summed E-state index contributed by atoms with van der Waals surface area (Å²) < 4.78 is 30.3. The third-order valence-corrected chi connectivity index (χ3v) is 9.88. The van der Waals surface area contributed by atoms with Gasteiger partial charge in [0.2, 0.25) is 5.91 Å².